The molecule has 0 unspecified atom stereocenters. The molecule has 0 amide bonds. The highest BCUT2D eigenvalue weighted by Gasteiger charge is 2.29. The van der Waals surface area contributed by atoms with Crippen molar-refractivity contribution in [2.75, 3.05) is 5.32 Å². The number of hydrogen-bond acceptors (Lipinski definition) is 4. The van der Waals surface area contributed by atoms with Crippen LogP contribution in [0.3, 0.4) is 0 Å². The Bertz CT molecular complexity index is 775. The summed E-state index contributed by atoms with van der Waals surface area (Å²) in [5, 5.41) is 3.46. The molecular formula is C20H28N4O. The standard InChI is InChI=1S/C20H28N4O/c1-14(13-16-9-5-11-20(2,3)25-16)22-19-23-17-10-6-12-21-18(17)24(19)15-7-4-8-15/h6,10,12,15-16H,1,4-5,7-9,11,13H2,2-3H3,(H,22,23)/t16-/m1/s1. The van der Waals surface area contributed by atoms with Crippen LogP contribution >= 0.6 is 0 Å². The van der Waals surface area contributed by atoms with Gasteiger partial charge in [0.25, 0.3) is 0 Å². The minimum atomic E-state index is -0.0216. The molecule has 1 N–H and O–H groups in total. The molecule has 1 aliphatic carbocycles. The lowest BCUT2D eigenvalue weighted by atomic mass is 9.93. The van der Waals surface area contributed by atoms with E-state index in [1.165, 1.54) is 25.7 Å². The van der Waals surface area contributed by atoms with Gasteiger partial charge in [-0.2, -0.15) is 0 Å². The average Bonchev–Trinajstić information content (AvgIpc) is 2.83. The Labute approximate surface area is 149 Å². The largest absolute Gasteiger partial charge is 0.372 e. The SMILES string of the molecule is C=C(C[C@H]1CCCC(C)(C)O1)Nc1nc2cccnc2n1C1CCC1. The van der Waals surface area contributed by atoms with Crippen LogP contribution < -0.4 is 5.32 Å². The fourth-order valence-electron chi connectivity index (χ4n) is 3.96. The number of aromatic nitrogens is 3. The van der Waals surface area contributed by atoms with Gasteiger partial charge in [-0.1, -0.05) is 6.58 Å². The molecule has 1 saturated heterocycles. The van der Waals surface area contributed by atoms with Crippen molar-refractivity contribution in [3.8, 4) is 0 Å². The van der Waals surface area contributed by atoms with Gasteiger partial charge in [-0.25, -0.2) is 9.97 Å². The van der Waals surface area contributed by atoms with E-state index in [1.807, 2.05) is 18.3 Å². The normalized spacial score (nSPS) is 23.4. The molecule has 4 rings (SSSR count). The first-order chi connectivity index (χ1) is 12.0. The third-order valence-electron chi connectivity index (χ3n) is 5.44. The highest BCUT2D eigenvalue weighted by Crippen LogP contribution is 2.37. The van der Waals surface area contributed by atoms with Crippen molar-refractivity contribution in [1.82, 2.24) is 14.5 Å². The summed E-state index contributed by atoms with van der Waals surface area (Å²) >= 11 is 0. The van der Waals surface area contributed by atoms with Crippen LogP contribution in [0.15, 0.2) is 30.6 Å². The van der Waals surface area contributed by atoms with Gasteiger partial charge in [0.2, 0.25) is 5.95 Å². The highest BCUT2D eigenvalue weighted by molar-refractivity contribution is 5.75. The van der Waals surface area contributed by atoms with E-state index < -0.39 is 0 Å². The summed E-state index contributed by atoms with van der Waals surface area (Å²) in [6.45, 7) is 8.60. The van der Waals surface area contributed by atoms with E-state index in [0.717, 1.165) is 42.1 Å². The molecule has 1 atom stereocenters. The molecule has 134 valence electrons. The number of nitrogens with one attached hydrogen (secondary N) is 1. The Kier molecular flexibility index (Phi) is 4.28. The predicted molar refractivity (Wildman–Crippen MR) is 101 cm³/mol. The predicted octanol–water partition coefficient (Wildman–Crippen LogP) is 4.82. The zero-order valence-electron chi connectivity index (χ0n) is 15.3. The second-order valence-corrected chi connectivity index (χ2v) is 8.06. The molecule has 0 bridgehead atoms. The van der Waals surface area contributed by atoms with Gasteiger partial charge in [0.15, 0.2) is 5.65 Å². The Morgan fingerprint density at radius 2 is 2.20 bits per heavy atom. The third-order valence-corrected chi connectivity index (χ3v) is 5.44. The van der Waals surface area contributed by atoms with E-state index in [2.05, 4.69) is 35.3 Å². The molecule has 5 heteroatoms. The van der Waals surface area contributed by atoms with Gasteiger partial charge in [-0.3, -0.25) is 4.57 Å². The van der Waals surface area contributed by atoms with Crippen molar-refractivity contribution in [2.45, 2.75) is 76.5 Å². The highest BCUT2D eigenvalue weighted by atomic mass is 16.5. The van der Waals surface area contributed by atoms with Crippen molar-refractivity contribution in [3.05, 3.63) is 30.6 Å². The van der Waals surface area contributed by atoms with Crippen molar-refractivity contribution >= 4 is 17.1 Å². The van der Waals surface area contributed by atoms with Crippen LogP contribution in [0.5, 0.6) is 0 Å². The second-order valence-electron chi connectivity index (χ2n) is 8.06. The van der Waals surface area contributed by atoms with Gasteiger partial charge < -0.3 is 10.1 Å². The van der Waals surface area contributed by atoms with Gasteiger partial charge in [0.1, 0.15) is 5.52 Å². The fourth-order valence-corrected chi connectivity index (χ4v) is 3.96. The van der Waals surface area contributed by atoms with E-state index in [4.69, 9.17) is 9.72 Å². The zero-order chi connectivity index (χ0) is 17.4. The number of anilines is 1. The number of hydrogen-bond donors (Lipinski definition) is 1. The van der Waals surface area contributed by atoms with Crippen LogP contribution in [0.4, 0.5) is 5.95 Å². The summed E-state index contributed by atoms with van der Waals surface area (Å²) in [5.74, 6) is 0.874. The molecule has 2 aliphatic rings. The first-order valence-corrected chi connectivity index (χ1v) is 9.47. The zero-order valence-corrected chi connectivity index (χ0v) is 15.3. The lowest BCUT2D eigenvalue weighted by Gasteiger charge is -2.36. The van der Waals surface area contributed by atoms with Crippen molar-refractivity contribution < 1.29 is 4.74 Å². The summed E-state index contributed by atoms with van der Waals surface area (Å²) in [6, 6.07) is 4.47. The lowest BCUT2D eigenvalue weighted by Crippen LogP contribution is -2.35. The van der Waals surface area contributed by atoms with Crippen LogP contribution in [0.25, 0.3) is 11.2 Å². The maximum absolute atomic E-state index is 6.21. The first kappa shape index (κ1) is 16.6. The molecule has 0 radical (unpaired) electrons. The third kappa shape index (κ3) is 3.43. The molecule has 1 saturated carbocycles. The summed E-state index contributed by atoms with van der Waals surface area (Å²) in [4.78, 5) is 9.32. The summed E-state index contributed by atoms with van der Waals surface area (Å²) in [5.41, 5.74) is 2.86. The Morgan fingerprint density at radius 3 is 2.92 bits per heavy atom. The molecule has 25 heavy (non-hydrogen) atoms. The Balaban J connectivity index is 1.51. The van der Waals surface area contributed by atoms with E-state index in [-0.39, 0.29) is 11.7 Å². The van der Waals surface area contributed by atoms with Crippen LogP contribution in [0.1, 0.15) is 64.8 Å². The number of ether oxygens (including phenoxy) is 1. The van der Waals surface area contributed by atoms with Crippen LogP contribution in [-0.2, 0) is 4.74 Å². The minimum absolute atomic E-state index is 0.0216. The van der Waals surface area contributed by atoms with Crippen molar-refractivity contribution in [3.63, 3.8) is 0 Å². The van der Waals surface area contributed by atoms with Gasteiger partial charge in [0, 0.05) is 24.4 Å². The number of fused-ring (bicyclic) bond motifs is 1. The van der Waals surface area contributed by atoms with E-state index >= 15 is 0 Å². The van der Waals surface area contributed by atoms with Crippen molar-refractivity contribution in [2.24, 2.45) is 0 Å². The van der Waals surface area contributed by atoms with E-state index in [0.29, 0.717) is 6.04 Å². The van der Waals surface area contributed by atoms with Gasteiger partial charge in [-0.15, -0.1) is 0 Å². The molecule has 2 aromatic heterocycles. The number of nitrogens with zero attached hydrogens (tertiary/aromatic N) is 3. The molecular weight excluding hydrogens is 312 g/mol. The van der Waals surface area contributed by atoms with Gasteiger partial charge >= 0.3 is 0 Å². The van der Waals surface area contributed by atoms with Crippen molar-refractivity contribution in [1.29, 1.82) is 0 Å². The Morgan fingerprint density at radius 1 is 1.36 bits per heavy atom. The lowest BCUT2D eigenvalue weighted by molar-refractivity contribution is -0.105. The fraction of sp³-hybridized carbons (Fsp3) is 0.600. The molecule has 5 nitrogen and oxygen atoms in total. The molecule has 3 heterocycles. The maximum atomic E-state index is 6.21. The number of rotatable bonds is 5. The monoisotopic (exact) mass is 340 g/mol. The molecule has 2 aromatic rings. The molecule has 0 aromatic carbocycles. The van der Waals surface area contributed by atoms with E-state index in [9.17, 15) is 0 Å². The van der Waals surface area contributed by atoms with Crippen LogP contribution in [0, 0.1) is 0 Å². The van der Waals surface area contributed by atoms with Gasteiger partial charge in [0.05, 0.1) is 11.7 Å². The number of pyridine rings is 1. The second kappa shape index (κ2) is 6.45. The number of imidazole rings is 1. The van der Waals surface area contributed by atoms with Crippen LogP contribution in [-0.4, -0.2) is 26.2 Å². The maximum Gasteiger partial charge on any atom is 0.209 e. The quantitative estimate of drug-likeness (QED) is 0.848. The topological polar surface area (TPSA) is 52.0 Å². The smallest absolute Gasteiger partial charge is 0.209 e. The summed E-state index contributed by atoms with van der Waals surface area (Å²) < 4.78 is 8.47. The molecule has 1 aliphatic heterocycles. The van der Waals surface area contributed by atoms with Crippen LogP contribution in [0.2, 0.25) is 0 Å². The van der Waals surface area contributed by atoms with Gasteiger partial charge in [-0.05, 0) is 64.5 Å². The summed E-state index contributed by atoms with van der Waals surface area (Å²) in [6.07, 6.45) is 10.0. The first-order valence-electron chi connectivity index (χ1n) is 9.47. The molecule has 2 fully saturated rings. The molecule has 0 spiro atoms. The summed E-state index contributed by atoms with van der Waals surface area (Å²) in [7, 11) is 0. The minimum Gasteiger partial charge on any atom is -0.372 e. The average molecular weight is 340 g/mol. The Hall–Kier alpha value is -1.88. The van der Waals surface area contributed by atoms with E-state index in [1.54, 1.807) is 0 Å².